The predicted molar refractivity (Wildman–Crippen MR) is 126 cm³/mol. The van der Waals surface area contributed by atoms with Gasteiger partial charge in [0.05, 0.1) is 17.0 Å². The van der Waals surface area contributed by atoms with Crippen molar-refractivity contribution in [3.05, 3.63) is 87.3 Å². The molecule has 0 bridgehead atoms. The molecule has 0 fully saturated rings. The zero-order valence-corrected chi connectivity index (χ0v) is 19.0. The third-order valence-corrected chi connectivity index (χ3v) is 5.91. The summed E-state index contributed by atoms with van der Waals surface area (Å²) in [5.41, 5.74) is 3.52. The SMILES string of the molecule is C=CCOc1cccc([C@H]2c3c(oc4cc(C)c(C)cc4c3=O)C(=O)N2CCN(C)C)c1. The minimum absolute atomic E-state index is 0.131. The molecule has 32 heavy (non-hydrogen) atoms. The lowest BCUT2D eigenvalue weighted by atomic mass is 9.97. The molecule has 166 valence electrons. The summed E-state index contributed by atoms with van der Waals surface area (Å²) in [5.74, 6) is 0.529. The number of nitrogens with zero attached hydrogens (tertiary/aromatic N) is 2. The number of hydrogen-bond donors (Lipinski definition) is 0. The van der Waals surface area contributed by atoms with E-state index in [0.29, 0.717) is 42.0 Å². The second-order valence-electron chi connectivity index (χ2n) is 8.48. The van der Waals surface area contributed by atoms with Gasteiger partial charge in [0.15, 0.2) is 5.43 Å². The summed E-state index contributed by atoms with van der Waals surface area (Å²) >= 11 is 0. The van der Waals surface area contributed by atoms with Crippen molar-refractivity contribution in [1.82, 2.24) is 9.80 Å². The molecule has 0 radical (unpaired) electrons. The van der Waals surface area contributed by atoms with Crippen molar-refractivity contribution in [2.24, 2.45) is 0 Å². The van der Waals surface area contributed by atoms with Gasteiger partial charge in [0.25, 0.3) is 5.91 Å². The van der Waals surface area contributed by atoms with Crippen LogP contribution in [0.4, 0.5) is 0 Å². The van der Waals surface area contributed by atoms with E-state index in [-0.39, 0.29) is 17.1 Å². The Labute approximate surface area is 187 Å². The van der Waals surface area contributed by atoms with Gasteiger partial charge in [0.1, 0.15) is 17.9 Å². The third-order valence-electron chi connectivity index (χ3n) is 5.91. The van der Waals surface area contributed by atoms with Crippen molar-refractivity contribution in [1.29, 1.82) is 0 Å². The number of rotatable bonds is 7. The largest absolute Gasteiger partial charge is 0.490 e. The van der Waals surface area contributed by atoms with Crippen LogP contribution in [-0.4, -0.2) is 49.5 Å². The summed E-state index contributed by atoms with van der Waals surface area (Å²) < 4.78 is 11.8. The lowest BCUT2D eigenvalue weighted by Gasteiger charge is -2.26. The van der Waals surface area contributed by atoms with Gasteiger partial charge in [-0.15, -0.1) is 0 Å². The summed E-state index contributed by atoms with van der Waals surface area (Å²) in [4.78, 5) is 30.8. The quantitative estimate of drug-likeness (QED) is 0.527. The number of benzene rings is 2. The van der Waals surface area contributed by atoms with Crippen LogP contribution in [0.3, 0.4) is 0 Å². The second kappa shape index (κ2) is 8.63. The van der Waals surface area contributed by atoms with Crippen LogP contribution in [0.2, 0.25) is 0 Å². The Kier molecular flexibility index (Phi) is 5.89. The molecule has 0 saturated carbocycles. The molecule has 3 aromatic rings. The highest BCUT2D eigenvalue weighted by atomic mass is 16.5. The summed E-state index contributed by atoms with van der Waals surface area (Å²) in [7, 11) is 3.91. The summed E-state index contributed by atoms with van der Waals surface area (Å²) in [6, 6.07) is 10.7. The van der Waals surface area contributed by atoms with E-state index in [1.54, 1.807) is 11.0 Å². The average molecular weight is 433 g/mol. The molecule has 0 spiro atoms. The normalized spacial score (nSPS) is 15.5. The fourth-order valence-electron chi connectivity index (χ4n) is 4.09. The Bertz CT molecular complexity index is 1260. The van der Waals surface area contributed by atoms with Crippen LogP contribution in [0.25, 0.3) is 11.0 Å². The van der Waals surface area contributed by atoms with Crippen molar-refractivity contribution in [3.63, 3.8) is 0 Å². The smallest absolute Gasteiger partial charge is 0.290 e. The molecule has 1 aliphatic rings. The number of carbonyl (C=O) groups is 1. The van der Waals surface area contributed by atoms with E-state index >= 15 is 0 Å². The molecular formula is C26H28N2O4. The molecule has 0 unspecified atom stereocenters. The molecule has 6 heteroatoms. The summed E-state index contributed by atoms with van der Waals surface area (Å²) in [6.07, 6.45) is 1.68. The second-order valence-corrected chi connectivity index (χ2v) is 8.48. The lowest BCUT2D eigenvalue weighted by molar-refractivity contribution is 0.0716. The van der Waals surface area contributed by atoms with Crippen LogP contribution >= 0.6 is 0 Å². The number of carbonyl (C=O) groups excluding carboxylic acids is 1. The molecule has 2 aromatic carbocycles. The van der Waals surface area contributed by atoms with Crippen molar-refractivity contribution in [2.75, 3.05) is 33.8 Å². The molecule has 4 rings (SSSR count). The van der Waals surface area contributed by atoms with Gasteiger partial charge in [-0.3, -0.25) is 9.59 Å². The first kappa shape index (κ1) is 21.8. The predicted octanol–water partition coefficient (Wildman–Crippen LogP) is 4.08. The number of amides is 1. The van der Waals surface area contributed by atoms with Gasteiger partial charge < -0.3 is 19.0 Å². The van der Waals surface area contributed by atoms with Gasteiger partial charge >= 0.3 is 0 Å². The number of aryl methyl sites for hydroxylation is 2. The molecule has 1 atom stereocenters. The van der Waals surface area contributed by atoms with E-state index in [4.69, 9.17) is 9.15 Å². The van der Waals surface area contributed by atoms with Crippen molar-refractivity contribution >= 4 is 16.9 Å². The van der Waals surface area contributed by atoms with E-state index in [9.17, 15) is 9.59 Å². The zero-order valence-electron chi connectivity index (χ0n) is 19.0. The zero-order chi connectivity index (χ0) is 23.0. The Balaban J connectivity index is 1.91. The van der Waals surface area contributed by atoms with Crippen LogP contribution in [0, 0.1) is 13.8 Å². The van der Waals surface area contributed by atoms with Crippen molar-refractivity contribution in [3.8, 4) is 5.75 Å². The Hall–Kier alpha value is -3.38. The highest BCUT2D eigenvalue weighted by molar-refractivity contribution is 5.99. The number of ether oxygens (including phenoxy) is 1. The minimum atomic E-state index is -0.535. The molecule has 1 amide bonds. The van der Waals surface area contributed by atoms with E-state index in [1.807, 2.05) is 69.2 Å². The van der Waals surface area contributed by atoms with Gasteiger partial charge in [0, 0.05) is 13.1 Å². The van der Waals surface area contributed by atoms with E-state index in [0.717, 1.165) is 16.7 Å². The molecule has 0 saturated heterocycles. The molecular weight excluding hydrogens is 404 g/mol. The highest BCUT2D eigenvalue weighted by Gasteiger charge is 2.42. The van der Waals surface area contributed by atoms with Crippen molar-refractivity contribution < 1.29 is 13.9 Å². The molecule has 0 aliphatic carbocycles. The van der Waals surface area contributed by atoms with Gasteiger partial charge in [-0.1, -0.05) is 24.8 Å². The molecule has 1 aliphatic heterocycles. The third kappa shape index (κ3) is 3.82. The average Bonchev–Trinajstić information content (AvgIpc) is 3.04. The monoisotopic (exact) mass is 432 g/mol. The molecule has 2 heterocycles. The lowest BCUT2D eigenvalue weighted by Crippen LogP contribution is -2.35. The number of likely N-dealkylation sites (N-methyl/N-ethyl adjacent to an activating group) is 1. The van der Waals surface area contributed by atoms with Gasteiger partial charge in [-0.05, 0) is 68.9 Å². The number of hydrogen-bond acceptors (Lipinski definition) is 5. The van der Waals surface area contributed by atoms with E-state index in [1.165, 1.54) is 0 Å². The van der Waals surface area contributed by atoms with Gasteiger partial charge in [-0.2, -0.15) is 0 Å². The van der Waals surface area contributed by atoms with E-state index in [2.05, 4.69) is 6.58 Å². The van der Waals surface area contributed by atoms with Crippen LogP contribution in [-0.2, 0) is 0 Å². The highest BCUT2D eigenvalue weighted by Crippen LogP contribution is 2.39. The molecule has 6 nitrogen and oxygen atoms in total. The summed E-state index contributed by atoms with van der Waals surface area (Å²) in [6.45, 7) is 9.12. The summed E-state index contributed by atoms with van der Waals surface area (Å²) in [5, 5.41) is 0.498. The van der Waals surface area contributed by atoms with Crippen LogP contribution in [0.15, 0.2) is 58.3 Å². The first-order valence-electron chi connectivity index (χ1n) is 10.7. The fraction of sp³-hybridized carbons (Fsp3) is 0.308. The van der Waals surface area contributed by atoms with Crippen LogP contribution in [0.5, 0.6) is 5.75 Å². The Morgan fingerprint density at radius 3 is 2.62 bits per heavy atom. The maximum atomic E-state index is 13.7. The Morgan fingerprint density at radius 1 is 1.16 bits per heavy atom. The minimum Gasteiger partial charge on any atom is -0.490 e. The molecule has 0 N–H and O–H groups in total. The first-order chi connectivity index (χ1) is 15.3. The topological polar surface area (TPSA) is 63.0 Å². The van der Waals surface area contributed by atoms with Gasteiger partial charge in [-0.25, -0.2) is 0 Å². The Morgan fingerprint density at radius 2 is 1.91 bits per heavy atom. The van der Waals surface area contributed by atoms with Crippen molar-refractivity contribution in [2.45, 2.75) is 19.9 Å². The van der Waals surface area contributed by atoms with Gasteiger partial charge in [0.2, 0.25) is 5.76 Å². The maximum absolute atomic E-state index is 13.7. The van der Waals surface area contributed by atoms with E-state index < -0.39 is 6.04 Å². The standard InChI is InChI=1S/C26H28N2O4/c1-6-12-31-19-9-7-8-18(15-19)23-22-24(29)20-13-16(2)17(3)14-21(20)32-25(22)26(30)28(23)11-10-27(4)5/h6-9,13-15,23H,1,10-12H2,2-5H3/t23-/m0/s1. The fourth-order valence-corrected chi connectivity index (χ4v) is 4.09. The number of fused-ring (bicyclic) bond motifs is 2. The molecule has 1 aromatic heterocycles. The first-order valence-corrected chi connectivity index (χ1v) is 10.7. The van der Waals surface area contributed by atoms with Crippen LogP contribution < -0.4 is 10.2 Å². The maximum Gasteiger partial charge on any atom is 0.290 e. The van der Waals surface area contributed by atoms with Crippen LogP contribution in [0.1, 0.15) is 38.9 Å².